The van der Waals surface area contributed by atoms with Crippen LogP contribution >= 0.6 is 0 Å². The number of unbranched alkanes of at least 4 members (excludes halogenated alkanes) is 1. The molecule has 1 aliphatic rings. The van der Waals surface area contributed by atoms with Crippen LogP contribution in [0.3, 0.4) is 0 Å². The summed E-state index contributed by atoms with van der Waals surface area (Å²) in [6.07, 6.45) is 2.56. The third-order valence-corrected chi connectivity index (χ3v) is 5.73. The van der Waals surface area contributed by atoms with Crippen molar-refractivity contribution in [2.24, 2.45) is 0 Å². The Labute approximate surface area is 93.1 Å². The molecule has 1 fully saturated rings. The Morgan fingerprint density at radius 2 is 1.93 bits per heavy atom. The molecule has 0 radical (unpaired) electrons. The van der Waals surface area contributed by atoms with Gasteiger partial charge in [-0.2, -0.15) is 0 Å². The molecule has 0 aromatic carbocycles. The molecule has 0 saturated carbocycles. The summed E-state index contributed by atoms with van der Waals surface area (Å²) in [7, 11) is 1.62. The Kier molecular flexibility index (Phi) is 5.77. The molecule has 1 rings (SSSR count). The number of rotatable bonds is 9. The van der Waals surface area contributed by atoms with Gasteiger partial charge in [0.2, 0.25) is 0 Å². The van der Waals surface area contributed by atoms with Crippen molar-refractivity contribution in [3.63, 3.8) is 0 Å². The number of hydrogen-bond acceptors (Lipinski definition) is 4. The normalized spacial score (nSPS) is 20.6. The largest absolute Gasteiger partial charge is 0.398 e. The minimum Gasteiger partial charge on any atom is -0.398 e. The van der Waals surface area contributed by atoms with Gasteiger partial charge in [-0.1, -0.05) is 0 Å². The lowest BCUT2D eigenvalue weighted by Gasteiger charge is -2.22. The number of hydrogen-bond donors (Lipinski definition) is 0. The highest BCUT2D eigenvalue weighted by atomic mass is 28.4. The van der Waals surface area contributed by atoms with Crippen molar-refractivity contribution in [2.75, 3.05) is 34.0 Å². The fourth-order valence-corrected chi connectivity index (χ4v) is 2.78. The Bertz CT molecular complexity index is 169. The molecule has 0 aromatic heterocycles. The van der Waals surface area contributed by atoms with Gasteiger partial charge in [0.15, 0.2) is 0 Å². The zero-order valence-electron chi connectivity index (χ0n) is 9.95. The molecule has 90 valence electrons. The first kappa shape index (κ1) is 13.1. The predicted molar refractivity (Wildman–Crippen MR) is 60.2 cm³/mol. The lowest BCUT2D eigenvalue weighted by Crippen LogP contribution is -2.35. The van der Waals surface area contributed by atoms with Crippen molar-refractivity contribution in [1.29, 1.82) is 0 Å². The Morgan fingerprint density at radius 3 is 2.47 bits per heavy atom. The highest BCUT2D eigenvalue weighted by Crippen LogP contribution is 2.15. The Morgan fingerprint density at radius 1 is 1.27 bits per heavy atom. The van der Waals surface area contributed by atoms with Gasteiger partial charge >= 0.3 is 8.56 Å². The second-order valence-corrected chi connectivity index (χ2v) is 7.61. The summed E-state index contributed by atoms with van der Waals surface area (Å²) < 4.78 is 21.3. The first-order valence-electron chi connectivity index (χ1n) is 5.50. The van der Waals surface area contributed by atoms with Crippen LogP contribution in [0.25, 0.3) is 0 Å². The van der Waals surface area contributed by atoms with Crippen molar-refractivity contribution in [2.45, 2.75) is 31.5 Å². The van der Waals surface area contributed by atoms with Crippen LogP contribution in [0.1, 0.15) is 12.8 Å². The zero-order chi connectivity index (χ0) is 11.1. The lowest BCUT2D eigenvalue weighted by molar-refractivity contribution is 0.113. The SMILES string of the molecule is CO[Si](C)(CCCCOCC1CO1)OC. The van der Waals surface area contributed by atoms with E-state index in [4.69, 9.17) is 18.3 Å². The maximum atomic E-state index is 5.45. The fraction of sp³-hybridized carbons (Fsp3) is 1.00. The summed E-state index contributed by atoms with van der Waals surface area (Å²) in [5.74, 6) is 0. The molecule has 0 aromatic rings. The first-order chi connectivity index (χ1) is 7.20. The first-order valence-corrected chi connectivity index (χ1v) is 8.02. The quantitative estimate of drug-likeness (QED) is 0.345. The van der Waals surface area contributed by atoms with E-state index in [1.807, 2.05) is 0 Å². The molecule has 4 nitrogen and oxygen atoms in total. The van der Waals surface area contributed by atoms with Gasteiger partial charge in [0.05, 0.1) is 13.2 Å². The minimum atomic E-state index is -1.85. The highest BCUT2D eigenvalue weighted by Gasteiger charge is 2.27. The summed E-state index contributed by atoms with van der Waals surface area (Å²) in [5, 5.41) is 0. The van der Waals surface area contributed by atoms with Crippen molar-refractivity contribution in [1.82, 2.24) is 0 Å². The lowest BCUT2D eigenvalue weighted by atomic mass is 10.3. The number of ether oxygens (including phenoxy) is 2. The van der Waals surface area contributed by atoms with E-state index in [1.54, 1.807) is 14.2 Å². The molecule has 5 heteroatoms. The molecule has 1 unspecified atom stereocenters. The maximum absolute atomic E-state index is 5.45. The zero-order valence-corrected chi connectivity index (χ0v) is 11.0. The molecular formula is C10H22O4Si. The molecule has 1 saturated heterocycles. The van der Waals surface area contributed by atoms with Gasteiger partial charge in [-0.3, -0.25) is 0 Å². The van der Waals surface area contributed by atoms with Crippen LogP contribution in [-0.4, -0.2) is 48.7 Å². The van der Waals surface area contributed by atoms with Gasteiger partial charge < -0.3 is 18.3 Å². The molecular weight excluding hydrogens is 212 g/mol. The highest BCUT2D eigenvalue weighted by molar-refractivity contribution is 6.65. The topological polar surface area (TPSA) is 40.2 Å². The maximum Gasteiger partial charge on any atom is 0.334 e. The van der Waals surface area contributed by atoms with Gasteiger partial charge in [-0.05, 0) is 25.4 Å². The average molecular weight is 234 g/mol. The summed E-state index contributed by atoms with van der Waals surface area (Å²) in [5.41, 5.74) is 0. The summed E-state index contributed by atoms with van der Waals surface area (Å²) >= 11 is 0. The van der Waals surface area contributed by atoms with E-state index in [9.17, 15) is 0 Å². The van der Waals surface area contributed by atoms with Gasteiger partial charge in [-0.15, -0.1) is 0 Å². The van der Waals surface area contributed by atoms with Crippen molar-refractivity contribution in [3.05, 3.63) is 0 Å². The van der Waals surface area contributed by atoms with Crippen LogP contribution in [0.2, 0.25) is 12.6 Å². The van der Waals surface area contributed by atoms with Gasteiger partial charge in [0.1, 0.15) is 6.10 Å². The molecule has 0 spiro atoms. The van der Waals surface area contributed by atoms with Crippen LogP contribution in [0.5, 0.6) is 0 Å². The molecule has 0 bridgehead atoms. The second-order valence-electron chi connectivity index (χ2n) is 4.03. The standard InChI is InChI=1S/C10H22O4Si/c1-11-15(3,12-2)7-5-4-6-13-8-10-9-14-10/h10H,4-9H2,1-3H3. The molecule has 0 amide bonds. The van der Waals surface area contributed by atoms with Crippen LogP contribution in [0, 0.1) is 0 Å². The summed E-state index contributed by atoms with van der Waals surface area (Å²) in [6.45, 7) is 4.53. The van der Waals surface area contributed by atoms with E-state index in [0.717, 1.165) is 38.7 Å². The smallest absolute Gasteiger partial charge is 0.334 e. The fourth-order valence-electron chi connectivity index (χ4n) is 1.32. The van der Waals surface area contributed by atoms with Crippen LogP contribution in [0.15, 0.2) is 0 Å². The van der Waals surface area contributed by atoms with Crippen molar-refractivity contribution < 1.29 is 18.3 Å². The Balaban J connectivity index is 1.90. The summed E-state index contributed by atoms with van der Waals surface area (Å²) in [4.78, 5) is 0. The molecule has 0 aliphatic carbocycles. The average Bonchev–Trinajstić information content (AvgIpc) is 3.06. The van der Waals surface area contributed by atoms with E-state index >= 15 is 0 Å². The monoisotopic (exact) mass is 234 g/mol. The predicted octanol–water partition coefficient (Wildman–Crippen LogP) is 1.55. The van der Waals surface area contributed by atoms with E-state index in [0.29, 0.717) is 6.10 Å². The Hall–Kier alpha value is 0.0569. The van der Waals surface area contributed by atoms with E-state index < -0.39 is 8.56 Å². The molecule has 0 N–H and O–H groups in total. The molecule has 15 heavy (non-hydrogen) atoms. The third kappa shape index (κ3) is 5.63. The number of epoxide rings is 1. The van der Waals surface area contributed by atoms with Gasteiger partial charge in [0.25, 0.3) is 0 Å². The van der Waals surface area contributed by atoms with E-state index in [2.05, 4.69) is 6.55 Å². The third-order valence-electron chi connectivity index (χ3n) is 2.74. The van der Waals surface area contributed by atoms with E-state index in [1.165, 1.54) is 0 Å². The van der Waals surface area contributed by atoms with Crippen LogP contribution in [0.4, 0.5) is 0 Å². The molecule has 1 aliphatic heterocycles. The second kappa shape index (κ2) is 6.60. The molecule has 1 atom stereocenters. The van der Waals surface area contributed by atoms with Crippen LogP contribution < -0.4 is 0 Å². The van der Waals surface area contributed by atoms with Gasteiger partial charge in [-0.25, -0.2) is 0 Å². The molecule has 1 heterocycles. The summed E-state index contributed by atoms with van der Waals surface area (Å²) in [6, 6.07) is 1.03. The van der Waals surface area contributed by atoms with Crippen LogP contribution in [-0.2, 0) is 18.3 Å². The van der Waals surface area contributed by atoms with Crippen molar-refractivity contribution in [3.8, 4) is 0 Å². The van der Waals surface area contributed by atoms with E-state index in [-0.39, 0.29) is 0 Å². The van der Waals surface area contributed by atoms with Gasteiger partial charge in [0, 0.05) is 20.8 Å². The minimum absolute atomic E-state index is 0.377. The van der Waals surface area contributed by atoms with Crippen molar-refractivity contribution >= 4 is 8.56 Å².